The van der Waals surface area contributed by atoms with E-state index in [0.29, 0.717) is 34.6 Å². The van der Waals surface area contributed by atoms with E-state index in [2.05, 4.69) is 24.1 Å². The fourth-order valence-corrected chi connectivity index (χ4v) is 6.16. The van der Waals surface area contributed by atoms with Crippen LogP contribution in [0.15, 0.2) is 39.6 Å². The summed E-state index contributed by atoms with van der Waals surface area (Å²) in [6.07, 6.45) is -0.0408. The first-order valence-electron chi connectivity index (χ1n) is 12.2. The highest BCUT2D eigenvalue weighted by Gasteiger charge is 2.48. The van der Waals surface area contributed by atoms with Crippen LogP contribution in [0.2, 0.25) is 5.02 Å². The van der Waals surface area contributed by atoms with Crippen LogP contribution in [-0.2, 0) is 19.2 Å². The van der Waals surface area contributed by atoms with Gasteiger partial charge in [0.25, 0.3) is 6.01 Å². The number of aliphatic hydroxyl groups is 1. The van der Waals surface area contributed by atoms with Crippen molar-refractivity contribution in [3.05, 3.63) is 35.4 Å². The van der Waals surface area contributed by atoms with Crippen molar-refractivity contribution in [2.24, 2.45) is 4.36 Å². The van der Waals surface area contributed by atoms with E-state index >= 15 is 0 Å². The lowest BCUT2D eigenvalue weighted by Gasteiger charge is -2.37. The number of benzene rings is 1. The maximum atomic E-state index is 12.5. The van der Waals surface area contributed by atoms with Crippen LogP contribution in [0, 0.1) is 0 Å². The van der Waals surface area contributed by atoms with Crippen LogP contribution in [0.5, 0.6) is 6.01 Å². The average Bonchev–Trinajstić information content (AvgIpc) is 3.60. The number of fused-ring (bicyclic) bond motifs is 2. The number of ether oxygens (including phenoxy) is 3. The number of imidazole rings is 1. The highest BCUT2D eigenvalue weighted by atomic mass is 35.5. The van der Waals surface area contributed by atoms with Crippen molar-refractivity contribution in [2.75, 3.05) is 62.5 Å². The fourth-order valence-electron chi connectivity index (χ4n) is 5.04. The lowest BCUT2D eigenvalue weighted by atomic mass is 10.1. The molecule has 3 aliphatic heterocycles. The highest BCUT2D eigenvalue weighted by molar-refractivity contribution is 7.93. The molecule has 2 aromatic heterocycles. The number of aromatic amines is 1. The Hall–Kier alpha value is -2.64. The molecule has 3 aromatic rings. The summed E-state index contributed by atoms with van der Waals surface area (Å²) >= 11 is 6.62. The van der Waals surface area contributed by atoms with Gasteiger partial charge in [0.1, 0.15) is 29.6 Å². The smallest absolute Gasteiger partial charge is 0.296 e. The number of nitrogens with one attached hydrogen (secondary N) is 1. The molecule has 0 spiro atoms. The van der Waals surface area contributed by atoms with E-state index < -0.39 is 15.8 Å². The van der Waals surface area contributed by atoms with Gasteiger partial charge in [-0.2, -0.15) is 4.98 Å². The van der Waals surface area contributed by atoms with Crippen molar-refractivity contribution >= 4 is 44.0 Å². The zero-order valence-corrected chi connectivity index (χ0v) is 22.1. The van der Waals surface area contributed by atoms with Crippen molar-refractivity contribution in [3.63, 3.8) is 0 Å². The van der Waals surface area contributed by atoms with Crippen molar-refractivity contribution in [1.29, 1.82) is 0 Å². The van der Waals surface area contributed by atoms with Gasteiger partial charge in [-0.05, 0) is 30.3 Å². The lowest BCUT2D eigenvalue weighted by molar-refractivity contribution is 0.00706. The molecule has 0 bridgehead atoms. The van der Waals surface area contributed by atoms with Gasteiger partial charge in [0.2, 0.25) is 0 Å². The van der Waals surface area contributed by atoms with Gasteiger partial charge in [-0.25, -0.2) is 13.6 Å². The first-order valence-corrected chi connectivity index (χ1v) is 14.5. The summed E-state index contributed by atoms with van der Waals surface area (Å²) in [6, 6.07) is 9.88. The van der Waals surface area contributed by atoms with E-state index in [1.807, 2.05) is 24.3 Å². The molecule has 0 aliphatic carbocycles. The van der Waals surface area contributed by atoms with Crippen LogP contribution in [0.3, 0.4) is 0 Å². The molecule has 5 atom stereocenters. The lowest BCUT2D eigenvalue weighted by Crippen LogP contribution is -2.47. The van der Waals surface area contributed by atoms with Crippen LogP contribution in [0.1, 0.15) is 0 Å². The summed E-state index contributed by atoms with van der Waals surface area (Å²) in [5.41, 5.74) is 2.27. The second-order valence-corrected chi connectivity index (χ2v) is 12.3. The molecule has 2 N–H and O–H groups in total. The highest BCUT2D eigenvalue weighted by Crippen LogP contribution is 2.32. The topological polar surface area (TPSA) is 125 Å². The molecule has 13 heteroatoms. The maximum Gasteiger partial charge on any atom is 0.296 e. The second kappa shape index (κ2) is 9.59. The molecule has 2 unspecified atom stereocenters. The Bertz CT molecular complexity index is 1420. The Morgan fingerprint density at radius 2 is 1.81 bits per heavy atom. The molecule has 37 heavy (non-hydrogen) atoms. The molecule has 6 rings (SSSR count). The molecule has 5 heterocycles. The molecule has 3 saturated heterocycles. The number of aliphatic hydroxyl groups excluding tert-OH is 1. The van der Waals surface area contributed by atoms with Gasteiger partial charge < -0.3 is 29.1 Å². The Morgan fingerprint density at radius 3 is 2.54 bits per heavy atom. The summed E-state index contributed by atoms with van der Waals surface area (Å²) in [6.45, 7) is 3.64. The van der Waals surface area contributed by atoms with E-state index in [1.54, 1.807) is 19.4 Å². The summed E-state index contributed by atoms with van der Waals surface area (Å²) in [7, 11) is -0.756. The molecule has 3 aliphatic rings. The minimum atomic E-state index is -2.34. The van der Waals surface area contributed by atoms with Gasteiger partial charge in [0, 0.05) is 50.1 Å². The Kier molecular flexibility index (Phi) is 6.40. The quantitative estimate of drug-likeness (QED) is 0.492. The number of pyridine rings is 1. The standard InChI is InChI=1S/C24H29ClN6O5S/c1-26-37(2,33)15-5-3-14(4-6-15)30-7-9-31(10-8-30)23-16(25)11-17-22(28-23)29-24(27-17)36-19-13-35-20-18(32)12-34-21(19)20/h3-6,11,18-21,32H,7-10,12-13H2,1-2H3,(H,27,28,29)/t18-,19-,20?,21-,37?/m1/s1. The van der Waals surface area contributed by atoms with Crippen LogP contribution < -0.4 is 14.5 Å². The molecular weight excluding hydrogens is 520 g/mol. The van der Waals surface area contributed by atoms with Gasteiger partial charge in [0.15, 0.2) is 11.8 Å². The number of nitrogens with zero attached hydrogens (tertiary/aromatic N) is 5. The number of H-pyrrole nitrogens is 1. The molecule has 0 saturated carbocycles. The molecule has 0 amide bonds. The number of hydrogen-bond donors (Lipinski definition) is 2. The van der Waals surface area contributed by atoms with Gasteiger partial charge in [-0.15, -0.1) is 0 Å². The van der Waals surface area contributed by atoms with Gasteiger partial charge in [-0.3, -0.25) is 4.98 Å². The second-order valence-electron chi connectivity index (χ2n) is 9.48. The maximum absolute atomic E-state index is 12.5. The zero-order chi connectivity index (χ0) is 25.7. The summed E-state index contributed by atoms with van der Waals surface area (Å²) in [5.74, 6) is 0.696. The van der Waals surface area contributed by atoms with Crippen molar-refractivity contribution in [1.82, 2.24) is 15.0 Å². The Labute approximate surface area is 219 Å². The Morgan fingerprint density at radius 1 is 1.11 bits per heavy atom. The number of rotatable bonds is 5. The summed E-state index contributed by atoms with van der Waals surface area (Å²) < 4.78 is 33.7. The Balaban J connectivity index is 1.13. The number of hydrogen-bond acceptors (Lipinski definition) is 10. The third kappa shape index (κ3) is 4.61. The largest absolute Gasteiger partial charge is 0.456 e. The molecule has 1 aromatic carbocycles. The molecule has 11 nitrogen and oxygen atoms in total. The summed E-state index contributed by atoms with van der Waals surface area (Å²) in [5, 5.41) is 10.5. The average molecular weight is 549 g/mol. The number of anilines is 2. The van der Waals surface area contributed by atoms with Crippen LogP contribution in [0.25, 0.3) is 11.2 Å². The predicted octanol–water partition coefficient (Wildman–Crippen LogP) is 1.93. The van der Waals surface area contributed by atoms with Gasteiger partial charge in [-0.1, -0.05) is 11.6 Å². The molecule has 0 radical (unpaired) electrons. The van der Waals surface area contributed by atoms with Gasteiger partial charge in [0.05, 0.1) is 28.0 Å². The SMILES string of the molecule is CN=S(C)(=O)c1ccc(N2CCN(c3nc4[nH]c(O[C@@H]5COC6[C@H](O)CO[C@@H]65)nc4cc3Cl)CC2)cc1. The van der Waals surface area contributed by atoms with Gasteiger partial charge >= 0.3 is 0 Å². The molecule has 3 fully saturated rings. The van der Waals surface area contributed by atoms with Crippen LogP contribution in [-0.4, -0.2) is 101 Å². The minimum Gasteiger partial charge on any atom is -0.456 e. The van der Waals surface area contributed by atoms with Crippen molar-refractivity contribution < 1.29 is 23.5 Å². The van der Waals surface area contributed by atoms with Crippen LogP contribution >= 0.6 is 11.6 Å². The first kappa shape index (κ1) is 24.7. The third-order valence-corrected chi connectivity index (χ3v) is 9.32. The van der Waals surface area contributed by atoms with Crippen LogP contribution in [0.4, 0.5) is 11.5 Å². The van der Waals surface area contributed by atoms with E-state index in [1.165, 1.54) is 0 Å². The number of aromatic nitrogens is 3. The summed E-state index contributed by atoms with van der Waals surface area (Å²) in [4.78, 5) is 17.5. The van der Waals surface area contributed by atoms with Crippen molar-refractivity contribution in [2.45, 2.75) is 29.3 Å². The minimum absolute atomic E-state index is 0.240. The van der Waals surface area contributed by atoms with Crippen molar-refractivity contribution in [3.8, 4) is 6.01 Å². The monoisotopic (exact) mass is 548 g/mol. The predicted molar refractivity (Wildman–Crippen MR) is 140 cm³/mol. The fraction of sp³-hybridized carbons (Fsp3) is 0.500. The molecule has 198 valence electrons. The third-order valence-electron chi connectivity index (χ3n) is 7.20. The zero-order valence-electron chi connectivity index (χ0n) is 20.5. The van der Waals surface area contributed by atoms with E-state index in [9.17, 15) is 9.32 Å². The normalized spacial score (nSPS) is 27.4. The number of halogens is 1. The first-order chi connectivity index (χ1) is 17.8. The van der Waals surface area contributed by atoms with E-state index in [0.717, 1.165) is 36.8 Å². The van der Waals surface area contributed by atoms with E-state index in [4.69, 9.17) is 30.8 Å². The number of piperazine rings is 1. The van der Waals surface area contributed by atoms with E-state index in [-0.39, 0.29) is 24.9 Å². The molecular formula is C24H29ClN6O5S.